The number of aromatic nitrogens is 3. The summed E-state index contributed by atoms with van der Waals surface area (Å²) < 4.78 is 13.6. The number of nitrogens with two attached hydrogens (primary N) is 1. The molecular formula is C14H12FN5OS. The third-order valence-corrected chi connectivity index (χ3v) is 4.73. The van der Waals surface area contributed by atoms with Crippen LogP contribution in [0.5, 0.6) is 0 Å². The molecule has 0 saturated heterocycles. The fourth-order valence-corrected chi connectivity index (χ4v) is 3.62. The first-order valence-electron chi connectivity index (χ1n) is 6.80. The van der Waals surface area contributed by atoms with Gasteiger partial charge in [0, 0.05) is 24.4 Å². The van der Waals surface area contributed by atoms with E-state index in [4.69, 9.17) is 5.73 Å². The largest absolute Gasteiger partial charge is 0.366 e. The minimum absolute atomic E-state index is 0.0699. The quantitative estimate of drug-likeness (QED) is 0.668. The maximum Gasteiger partial charge on any atom is 0.251 e. The Hall–Kier alpha value is -2.32. The lowest BCUT2D eigenvalue weighted by Crippen LogP contribution is -2.22. The number of imidazole rings is 1. The molecule has 0 unspecified atom stereocenters. The monoisotopic (exact) mass is 317 g/mol. The topological polar surface area (TPSA) is 96.7 Å². The van der Waals surface area contributed by atoms with E-state index in [1.165, 1.54) is 10.9 Å². The predicted octanol–water partition coefficient (Wildman–Crippen LogP) is 1.57. The molecule has 0 radical (unpaired) electrons. The molecule has 3 heterocycles. The zero-order valence-corrected chi connectivity index (χ0v) is 12.3. The Balaban J connectivity index is 1.87. The van der Waals surface area contributed by atoms with Crippen LogP contribution in [0.4, 0.5) is 4.39 Å². The summed E-state index contributed by atoms with van der Waals surface area (Å²) in [4.78, 5) is 24.6. The molecule has 0 spiro atoms. The van der Waals surface area contributed by atoms with Gasteiger partial charge in [-0.2, -0.15) is 0 Å². The predicted molar refractivity (Wildman–Crippen MR) is 81.1 cm³/mol. The molecule has 22 heavy (non-hydrogen) atoms. The van der Waals surface area contributed by atoms with Gasteiger partial charge in [-0.05, 0) is 12.1 Å². The molecule has 0 saturated carbocycles. The van der Waals surface area contributed by atoms with Crippen molar-refractivity contribution in [1.29, 1.82) is 0 Å². The van der Waals surface area contributed by atoms with Crippen molar-refractivity contribution in [2.75, 3.05) is 6.54 Å². The van der Waals surface area contributed by atoms with E-state index in [0.717, 1.165) is 36.3 Å². The summed E-state index contributed by atoms with van der Waals surface area (Å²) in [5.41, 5.74) is 7.25. The summed E-state index contributed by atoms with van der Waals surface area (Å²) in [6, 6.07) is 2.40. The number of fused-ring (bicyclic) bond motifs is 2. The molecule has 6 nitrogen and oxygen atoms in total. The van der Waals surface area contributed by atoms with Crippen LogP contribution in [0.1, 0.15) is 20.9 Å². The number of carbonyl (C=O) groups is 1. The first-order chi connectivity index (χ1) is 10.6. The lowest BCUT2D eigenvalue weighted by molar-refractivity contribution is 0.100. The lowest BCUT2D eigenvalue weighted by Gasteiger charge is -2.09. The van der Waals surface area contributed by atoms with Crippen LogP contribution in [-0.2, 0) is 13.0 Å². The van der Waals surface area contributed by atoms with Gasteiger partial charge in [-0.25, -0.2) is 14.4 Å². The van der Waals surface area contributed by atoms with Gasteiger partial charge in [-0.3, -0.25) is 4.79 Å². The molecule has 8 heteroatoms. The minimum Gasteiger partial charge on any atom is -0.366 e. The van der Waals surface area contributed by atoms with Gasteiger partial charge >= 0.3 is 0 Å². The van der Waals surface area contributed by atoms with Crippen LogP contribution in [-0.4, -0.2) is 27.4 Å². The zero-order chi connectivity index (χ0) is 15.3. The number of carbonyl (C=O) groups excluding carboxylic acids is 1. The number of hydrogen-bond donors (Lipinski definition) is 3. The first-order valence-corrected chi connectivity index (χ1v) is 7.62. The van der Waals surface area contributed by atoms with E-state index in [1.54, 1.807) is 11.3 Å². The molecule has 112 valence electrons. The molecule has 1 aliphatic heterocycles. The first kappa shape index (κ1) is 13.4. The normalized spacial score (nSPS) is 14.2. The van der Waals surface area contributed by atoms with Crippen molar-refractivity contribution < 1.29 is 9.18 Å². The Bertz CT molecular complexity index is 877. The summed E-state index contributed by atoms with van der Waals surface area (Å²) >= 11 is 1.54. The van der Waals surface area contributed by atoms with Crippen LogP contribution in [0.25, 0.3) is 21.9 Å². The standard InChI is InChI=1S/C14H12FN5OS/c15-6-3-7(12(16)21)11-9(4-6)18-13(20-11)14-19-8-1-2-17-5-10(8)22-14/h3-4,17H,1-2,5H2,(H2,16,21)(H,18,20). The number of nitrogens with one attached hydrogen (secondary N) is 2. The summed E-state index contributed by atoms with van der Waals surface area (Å²) in [6.07, 6.45) is 0.882. The fraction of sp³-hybridized carbons (Fsp3) is 0.214. The number of halogens is 1. The second-order valence-corrected chi connectivity index (χ2v) is 6.20. The summed E-state index contributed by atoms with van der Waals surface area (Å²) in [7, 11) is 0. The average molecular weight is 317 g/mol. The maximum atomic E-state index is 13.6. The van der Waals surface area contributed by atoms with Gasteiger partial charge in [0.15, 0.2) is 10.8 Å². The molecule has 1 aliphatic rings. The molecule has 1 amide bonds. The summed E-state index contributed by atoms with van der Waals surface area (Å²) in [5, 5.41) is 4.03. The van der Waals surface area contributed by atoms with E-state index in [0.29, 0.717) is 16.9 Å². The number of H-pyrrole nitrogens is 1. The maximum absolute atomic E-state index is 13.6. The minimum atomic E-state index is -0.704. The van der Waals surface area contributed by atoms with Gasteiger partial charge in [0.2, 0.25) is 0 Å². The lowest BCUT2D eigenvalue weighted by atomic mass is 10.1. The van der Waals surface area contributed by atoms with Gasteiger partial charge in [0.05, 0.1) is 16.8 Å². The van der Waals surface area contributed by atoms with Crippen molar-refractivity contribution in [1.82, 2.24) is 20.3 Å². The molecule has 2 aromatic heterocycles. The number of nitrogens with zero attached hydrogens (tertiary/aromatic N) is 2. The smallest absolute Gasteiger partial charge is 0.251 e. The van der Waals surface area contributed by atoms with Crippen molar-refractivity contribution >= 4 is 28.3 Å². The van der Waals surface area contributed by atoms with Crippen LogP contribution in [0, 0.1) is 5.82 Å². The SMILES string of the molecule is NC(=O)c1cc(F)cc2[nH]c(-c3nc4c(s3)CNCC4)nc12. The number of primary amides is 1. The fourth-order valence-electron chi connectivity index (χ4n) is 2.60. The van der Waals surface area contributed by atoms with Gasteiger partial charge in [-0.15, -0.1) is 11.3 Å². The van der Waals surface area contributed by atoms with Crippen LogP contribution >= 0.6 is 11.3 Å². The zero-order valence-electron chi connectivity index (χ0n) is 11.4. The van der Waals surface area contributed by atoms with Crippen LogP contribution in [0.15, 0.2) is 12.1 Å². The molecule has 4 rings (SSSR count). The highest BCUT2D eigenvalue weighted by Crippen LogP contribution is 2.30. The number of rotatable bonds is 2. The number of hydrogen-bond acceptors (Lipinski definition) is 5. The van der Waals surface area contributed by atoms with Gasteiger partial charge in [-0.1, -0.05) is 0 Å². The Morgan fingerprint density at radius 1 is 1.36 bits per heavy atom. The van der Waals surface area contributed by atoms with E-state index in [-0.39, 0.29) is 5.56 Å². The van der Waals surface area contributed by atoms with Crippen LogP contribution in [0.3, 0.4) is 0 Å². The molecule has 0 atom stereocenters. The van der Waals surface area contributed by atoms with E-state index >= 15 is 0 Å². The highest BCUT2D eigenvalue weighted by molar-refractivity contribution is 7.15. The van der Waals surface area contributed by atoms with E-state index in [1.807, 2.05) is 0 Å². The molecule has 0 aliphatic carbocycles. The molecule has 0 bridgehead atoms. The van der Waals surface area contributed by atoms with Crippen LogP contribution in [0.2, 0.25) is 0 Å². The van der Waals surface area contributed by atoms with Crippen molar-refractivity contribution in [3.8, 4) is 10.8 Å². The molecule has 1 aromatic carbocycles. The Morgan fingerprint density at radius 2 is 2.23 bits per heavy atom. The Labute approximate surface area is 128 Å². The Morgan fingerprint density at radius 3 is 3.00 bits per heavy atom. The second-order valence-electron chi connectivity index (χ2n) is 5.11. The highest BCUT2D eigenvalue weighted by Gasteiger charge is 2.19. The molecule has 0 fully saturated rings. The van der Waals surface area contributed by atoms with Gasteiger partial charge in [0.25, 0.3) is 5.91 Å². The van der Waals surface area contributed by atoms with E-state index in [2.05, 4.69) is 20.3 Å². The summed E-state index contributed by atoms with van der Waals surface area (Å²) in [6.45, 7) is 1.71. The highest BCUT2D eigenvalue weighted by atomic mass is 32.1. The second kappa shape index (κ2) is 4.85. The van der Waals surface area contributed by atoms with Crippen molar-refractivity contribution in [2.45, 2.75) is 13.0 Å². The number of thiazole rings is 1. The van der Waals surface area contributed by atoms with Crippen LogP contribution < -0.4 is 11.1 Å². The third-order valence-electron chi connectivity index (χ3n) is 3.62. The molecule has 4 N–H and O–H groups in total. The van der Waals surface area contributed by atoms with Crippen molar-refractivity contribution in [3.05, 3.63) is 34.1 Å². The van der Waals surface area contributed by atoms with Crippen molar-refractivity contribution in [2.24, 2.45) is 5.73 Å². The Kier molecular flexibility index (Phi) is 2.95. The number of benzene rings is 1. The van der Waals surface area contributed by atoms with E-state index < -0.39 is 11.7 Å². The third kappa shape index (κ3) is 2.08. The summed E-state index contributed by atoms with van der Waals surface area (Å²) in [5.74, 6) is -0.702. The van der Waals surface area contributed by atoms with Crippen molar-refractivity contribution in [3.63, 3.8) is 0 Å². The molecular weight excluding hydrogens is 305 g/mol. The van der Waals surface area contributed by atoms with Gasteiger partial charge in [0.1, 0.15) is 11.3 Å². The van der Waals surface area contributed by atoms with Gasteiger partial charge < -0.3 is 16.0 Å². The number of amides is 1. The van der Waals surface area contributed by atoms with E-state index in [9.17, 15) is 9.18 Å². The molecule has 3 aromatic rings. The average Bonchev–Trinajstić information content (AvgIpc) is 3.09. The number of aromatic amines is 1.